The van der Waals surface area contributed by atoms with Crippen LogP contribution >= 0.6 is 0 Å². The molecule has 6 nitrogen and oxygen atoms in total. The van der Waals surface area contributed by atoms with Crippen LogP contribution in [0.5, 0.6) is 0 Å². The van der Waals surface area contributed by atoms with Crippen molar-refractivity contribution in [3.8, 4) is 0 Å². The first-order valence-corrected chi connectivity index (χ1v) is 5.99. The van der Waals surface area contributed by atoms with Crippen molar-refractivity contribution < 1.29 is 14.7 Å². The molecule has 1 rings (SSSR count). The number of carbonyl (C=O) groups excluding carboxylic acids is 1. The van der Waals surface area contributed by atoms with Crippen LogP contribution in [0, 0.1) is 5.92 Å². The molecule has 98 valence electrons. The van der Waals surface area contributed by atoms with Gasteiger partial charge in [-0.25, -0.2) is 4.79 Å². The average molecular weight is 243 g/mol. The Hall–Kier alpha value is -1.30. The fraction of sp³-hybridized carbons (Fsp3) is 0.818. The SMILES string of the molecule is CC(CNC(=O)N1CCC(N)CC1)CC(=O)O. The third kappa shape index (κ3) is 5.04. The zero-order valence-electron chi connectivity index (χ0n) is 10.2. The predicted octanol–water partition coefficient (Wildman–Crippen LogP) is 0.230. The molecule has 17 heavy (non-hydrogen) atoms. The molecule has 0 aliphatic carbocycles. The predicted molar refractivity (Wildman–Crippen MR) is 63.6 cm³/mol. The van der Waals surface area contributed by atoms with Gasteiger partial charge in [-0.2, -0.15) is 0 Å². The lowest BCUT2D eigenvalue weighted by Crippen LogP contribution is -2.48. The van der Waals surface area contributed by atoms with Crippen molar-refractivity contribution in [2.45, 2.75) is 32.2 Å². The van der Waals surface area contributed by atoms with Crippen LogP contribution in [0.15, 0.2) is 0 Å². The number of nitrogens with two attached hydrogens (primary N) is 1. The standard InChI is InChI=1S/C11H21N3O3/c1-8(6-10(15)16)7-13-11(17)14-4-2-9(12)3-5-14/h8-9H,2-7,12H2,1H3,(H,13,17)(H,15,16). The summed E-state index contributed by atoms with van der Waals surface area (Å²) in [5.74, 6) is -0.890. The molecule has 1 aliphatic heterocycles. The van der Waals surface area contributed by atoms with Crippen molar-refractivity contribution in [3.63, 3.8) is 0 Å². The number of aliphatic carboxylic acids is 1. The number of rotatable bonds is 4. The maximum Gasteiger partial charge on any atom is 0.317 e. The maximum atomic E-state index is 11.7. The quantitative estimate of drug-likeness (QED) is 0.658. The second-order valence-electron chi connectivity index (χ2n) is 4.71. The van der Waals surface area contributed by atoms with E-state index in [0.717, 1.165) is 12.8 Å². The number of nitrogens with zero attached hydrogens (tertiary/aromatic N) is 1. The van der Waals surface area contributed by atoms with Gasteiger partial charge in [0.15, 0.2) is 0 Å². The van der Waals surface area contributed by atoms with Crippen LogP contribution in [0.3, 0.4) is 0 Å². The van der Waals surface area contributed by atoms with Crippen LogP contribution < -0.4 is 11.1 Å². The second kappa shape index (κ2) is 6.44. The average Bonchev–Trinajstić information content (AvgIpc) is 2.26. The van der Waals surface area contributed by atoms with Gasteiger partial charge in [0.1, 0.15) is 0 Å². The molecule has 1 fully saturated rings. The first kappa shape index (κ1) is 13.8. The lowest BCUT2D eigenvalue weighted by atomic mass is 10.1. The Kier molecular flexibility index (Phi) is 5.21. The number of hydrogen-bond donors (Lipinski definition) is 3. The van der Waals surface area contributed by atoms with Gasteiger partial charge in [0, 0.05) is 32.1 Å². The van der Waals surface area contributed by atoms with E-state index in [9.17, 15) is 9.59 Å². The normalized spacial score (nSPS) is 18.8. The third-order valence-corrected chi connectivity index (χ3v) is 2.95. The summed E-state index contributed by atoms with van der Waals surface area (Å²) in [6.07, 6.45) is 1.74. The van der Waals surface area contributed by atoms with Gasteiger partial charge in [0.2, 0.25) is 0 Å². The molecule has 4 N–H and O–H groups in total. The number of hydrogen-bond acceptors (Lipinski definition) is 3. The summed E-state index contributed by atoms with van der Waals surface area (Å²) in [7, 11) is 0. The van der Waals surface area contributed by atoms with E-state index >= 15 is 0 Å². The van der Waals surface area contributed by atoms with Gasteiger partial charge in [-0.1, -0.05) is 6.92 Å². The lowest BCUT2D eigenvalue weighted by molar-refractivity contribution is -0.137. The Morgan fingerprint density at radius 3 is 2.59 bits per heavy atom. The lowest BCUT2D eigenvalue weighted by Gasteiger charge is -2.30. The van der Waals surface area contributed by atoms with Gasteiger partial charge in [-0.15, -0.1) is 0 Å². The Morgan fingerprint density at radius 2 is 2.06 bits per heavy atom. The van der Waals surface area contributed by atoms with Gasteiger partial charge < -0.3 is 21.1 Å². The summed E-state index contributed by atoms with van der Waals surface area (Å²) in [6, 6.07) is 0.0825. The zero-order valence-corrected chi connectivity index (χ0v) is 10.2. The van der Waals surface area contributed by atoms with Crippen molar-refractivity contribution in [2.75, 3.05) is 19.6 Å². The minimum Gasteiger partial charge on any atom is -0.481 e. The highest BCUT2D eigenvalue weighted by Crippen LogP contribution is 2.08. The van der Waals surface area contributed by atoms with Crippen LogP contribution in [0.2, 0.25) is 0 Å². The van der Waals surface area contributed by atoms with Crippen LogP contribution in [0.25, 0.3) is 0 Å². The molecular weight excluding hydrogens is 222 g/mol. The highest BCUT2D eigenvalue weighted by atomic mass is 16.4. The molecule has 0 spiro atoms. The molecule has 1 heterocycles. The van der Waals surface area contributed by atoms with Crippen LogP contribution in [-0.4, -0.2) is 47.7 Å². The molecule has 2 amide bonds. The number of likely N-dealkylation sites (tertiary alicyclic amines) is 1. The molecular formula is C11H21N3O3. The van der Waals surface area contributed by atoms with E-state index in [1.54, 1.807) is 11.8 Å². The zero-order chi connectivity index (χ0) is 12.8. The van der Waals surface area contributed by atoms with Crippen LogP contribution in [-0.2, 0) is 4.79 Å². The number of carbonyl (C=O) groups is 2. The molecule has 0 bridgehead atoms. The van der Waals surface area contributed by atoms with Crippen molar-refractivity contribution in [1.82, 2.24) is 10.2 Å². The van der Waals surface area contributed by atoms with Crippen molar-refractivity contribution in [1.29, 1.82) is 0 Å². The van der Waals surface area contributed by atoms with Gasteiger partial charge in [0.25, 0.3) is 0 Å². The van der Waals surface area contributed by atoms with E-state index in [0.29, 0.717) is 19.6 Å². The second-order valence-corrected chi connectivity index (χ2v) is 4.71. The van der Waals surface area contributed by atoms with Crippen molar-refractivity contribution >= 4 is 12.0 Å². The first-order valence-electron chi connectivity index (χ1n) is 5.99. The van der Waals surface area contributed by atoms with Gasteiger partial charge >= 0.3 is 12.0 Å². The fourth-order valence-corrected chi connectivity index (χ4v) is 1.85. The minimum atomic E-state index is -0.837. The van der Waals surface area contributed by atoms with Crippen molar-refractivity contribution in [2.24, 2.45) is 11.7 Å². The minimum absolute atomic E-state index is 0.0523. The maximum absolute atomic E-state index is 11.7. The van der Waals surface area contributed by atoms with Gasteiger partial charge in [0.05, 0.1) is 0 Å². The Balaban J connectivity index is 2.22. The van der Waals surface area contributed by atoms with E-state index < -0.39 is 5.97 Å². The fourth-order valence-electron chi connectivity index (χ4n) is 1.85. The Bertz CT molecular complexity index is 275. The summed E-state index contributed by atoms with van der Waals surface area (Å²) in [5, 5.41) is 11.3. The topological polar surface area (TPSA) is 95.7 Å². The molecule has 0 aromatic heterocycles. The summed E-state index contributed by atoms with van der Waals surface area (Å²) in [6.45, 7) is 3.56. The molecule has 1 saturated heterocycles. The van der Waals surface area contributed by atoms with Crippen LogP contribution in [0.1, 0.15) is 26.2 Å². The largest absolute Gasteiger partial charge is 0.481 e. The summed E-state index contributed by atoms with van der Waals surface area (Å²) >= 11 is 0. The van der Waals surface area contributed by atoms with E-state index in [1.165, 1.54) is 0 Å². The highest BCUT2D eigenvalue weighted by molar-refractivity contribution is 5.74. The molecule has 0 radical (unpaired) electrons. The summed E-state index contributed by atoms with van der Waals surface area (Å²) in [5.41, 5.74) is 5.75. The first-order chi connectivity index (χ1) is 7.99. The number of nitrogens with one attached hydrogen (secondary N) is 1. The Morgan fingerprint density at radius 1 is 1.47 bits per heavy atom. The number of carboxylic acid groups (broad SMARTS) is 1. The van der Waals surface area contributed by atoms with E-state index in [1.807, 2.05) is 0 Å². The molecule has 1 unspecified atom stereocenters. The van der Waals surface area contributed by atoms with E-state index in [-0.39, 0.29) is 24.4 Å². The third-order valence-electron chi connectivity index (χ3n) is 2.95. The smallest absolute Gasteiger partial charge is 0.317 e. The van der Waals surface area contributed by atoms with Crippen LogP contribution in [0.4, 0.5) is 4.79 Å². The molecule has 0 aromatic carbocycles. The van der Waals surface area contributed by atoms with E-state index in [2.05, 4.69) is 5.32 Å². The number of urea groups is 1. The molecule has 0 saturated carbocycles. The molecule has 1 atom stereocenters. The van der Waals surface area contributed by atoms with Gasteiger partial charge in [-0.3, -0.25) is 4.79 Å². The molecule has 6 heteroatoms. The molecule has 1 aliphatic rings. The van der Waals surface area contributed by atoms with E-state index in [4.69, 9.17) is 10.8 Å². The number of amides is 2. The van der Waals surface area contributed by atoms with Crippen molar-refractivity contribution in [3.05, 3.63) is 0 Å². The summed E-state index contributed by atoms with van der Waals surface area (Å²) < 4.78 is 0. The highest BCUT2D eigenvalue weighted by Gasteiger charge is 2.20. The summed E-state index contributed by atoms with van der Waals surface area (Å²) in [4.78, 5) is 23.9. The molecule has 0 aromatic rings. The monoisotopic (exact) mass is 243 g/mol. The number of piperidine rings is 1. The number of carboxylic acids is 1. The van der Waals surface area contributed by atoms with Gasteiger partial charge in [-0.05, 0) is 18.8 Å². The Labute approximate surface area is 101 Å².